The normalized spacial score (nSPS) is 10.4. The summed E-state index contributed by atoms with van der Waals surface area (Å²) >= 11 is 5.81. The molecule has 1 amide bonds. The first-order valence-corrected chi connectivity index (χ1v) is 7.16. The molecule has 0 unspecified atom stereocenters. The number of carboxylic acid groups (broad SMARTS) is 1. The topological polar surface area (TPSA) is 92.4 Å². The third-order valence-corrected chi connectivity index (χ3v) is 3.23. The summed E-state index contributed by atoms with van der Waals surface area (Å²) in [7, 11) is 0. The molecule has 0 bridgehead atoms. The molecule has 0 fully saturated rings. The SMILES string of the molecule is O=C(O)CCCCNC(=O)c1cc(-c2ccc(Cl)cc2)on1. The average Bonchev–Trinajstić information content (AvgIpc) is 2.97. The van der Waals surface area contributed by atoms with Crippen LogP contribution in [0.2, 0.25) is 5.02 Å². The molecule has 22 heavy (non-hydrogen) atoms. The van der Waals surface area contributed by atoms with Crippen molar-refractivity contribution >= 4 is 23.5 Å². The molecule has 0 aliphatic carbocycles. The van der Waals surface area contributed by atoms with Crippen LogP contribution in [0.15, 0.2) is 34.9 Å². The quantitative estimate of drug-likeness (QED) is 0.764. The van der Waals surface area contributed by atoms with Gasteiger partial charge in [-0.15, -0.1) is 0 Å². The van der Waals surface area contributed by atoms with E-state index in [9.17, 15) is 9.59 Å². The van der Waals surface area contributed by atoms with Crippen molar-refractivity contribution in [2.45, 2.75) is 19.3 Å². The fraction of sp³-hybridized carbons (Fsp3) is 0.267. The lowest BCUT2D eigenvalue weighted by molar-refractivity contribution is -0.137. The minimum absolute atomic E-state index is 0.0978. The summed E-state index contributed by atoms with van der Waals surface area (Å²) in [5.74, 6) is -0.706. The Morgan fingerprint density at radius 1 is 1.23 bits per heavy atom. The lowest BCUT2D eigenvalue weighted by atomic mass is 10.1. The monoisotopic (exact) mass is 322 g/mol. The lowest BCUT2D eigenvalue weighted by Gasteiger charge is -2.01. The Morgan fingerprint density at radius 3 is 2.64 bits per heavy atom. The van der Waals surface area contributed by atoms with E-state index in [1.54, 1.807) is 30.3 Å². The molecule has 7 heteroatoms. The second-order valence-electron chi connectivity index (χ2n) is 4.69. The molecule has 0 aliphatic rings. The van der Waals surface area contributed by atoms with Crippen LogP contribution in [0.3, 0.4) is 0 Å². The van der Waals surface area contributed by atoms with Gasteiger partial charge in [0.1, 0.15) is 0 Å². The van der Waals surface area contributed by atoms with Crippen LogP contribution in [0, 0.1) is 0 Å². The van der Waals surface area contributed by atoms with Crippen LogP contribution in [0.4, 0.5) is 0 Å². The molecule has 0 saturated heterocycles. The summed E-state index contributed by atoms with van der Waals surface area (Å²) in [6, 6.07) is 8.55. The number of aromatic nitrogens is 1. The molecule has 6 nitrogen and oxygen atoms in total. The zero-order valence-corrected chi connectivity index (χ0v) is 12.5. The number of nitrogens with zero attached hydrogens (tertiary/aromatic N) is 1. The van der Waals surface area contributed by atoms with Crippen molar-refractivity contribution in [3.8, 4) is 11.3 Å². The van der Waals surface area contributed by atoms with Crippen LogP contribution in [0.1, 0.15) is 29.8 Å². The number of nitrogens with one attached hydrogen (secondary N) is 1. The van der Waals surface area contributed by atoms with E-state index in [1.807, 2.05) is 0 Å². The van der Waals surface area contributed by atoms with Crippen molar-refractivity contribution in [2.75, 3.05) is 6.54 Å². The van der Waals surface area contributed by atoms with Crippen LogP contribution in [-0.4, -0.2) is 28.7 Å². The van der Waals surface area contributed by atoms with Crippen molar-refractivity contribution in [3.63, 3.8) is 0 Å². The predicted molar refractivity (Wildman–Crippen MR) is 80.8 cm³/mol. The van der Waals surface area contributed by atoms with Crippen LogP contribution in [-0.2, 0) is 4.79 Å². The Bertz CT molecular complexity index is 652. The molecule has 1 heterocycles. The smallest absolute Gasteiger partial charge is 0.303 e. The minimum Gasteiger partial charge on any atom is -0.481 e. The largest absolute Gasteiger partial charge is 0.481 e. The first-order chi connectivity index (χ1) is 10.6. The van der Waals surface area contributed by atoms with E-state index in [1.165, 1.54) is 0 Å². The molecule has 2 rings (SSSR count). The van der Waals surface area contributed by atoms with Gasteiger partial charge in [0.25, 0.3) is 5.91 Å². The van der Waals surface area contributed by atoms with Gasteiger partial charge in [0.15, 0.2) is 11.5 Å². The van der Waals surface area contributed by atoms with Crippen molar-refractivity contribution in [1.82, 2.24) is 10.5 Å². The van der Waals surface area contributed by atoms with Crippen molar-refractivity contribution in [1.29, 1.82) is 0 Å². The molecule has 116 valence electrons. The summed E-state index contributed by atoms with van der Waals surface area (Å²) in [4.78, 5) is 22.2. The van der Waals surface area contributed by atoms with Gasteiger partial charge in [-0.2, -0.15) is 0 Å². The van der Waals surface area contributed by atoms with E-state index in [2.05, 4.69) is 10.5 Å². The molecule has 2 aromatic rings. The van der Waals surface area contributed by atoms with E-state index in [0.29, 0.717) is 30.2 Å². The maximum Gasteiger partial charge on any atom is 0.303 e. The molecule has 1 aromatic heterocycles. The molecule has 1 aromatic carbocycles. The third kappa shape index (κ3) is 4.60. The van der Waals surface area contributed by atoms with E-state index < -0.39 is 5.97 Å². The van der Waals surface area contributed by atoms with Crippen LogP contribution in [0.5, 0.6) is 0 Å². The average molecular weight is 323 g/mol. The lowest BCUT2D eigenvalue weighted by Crippen LogP contribution is -2.24. The van der Waals surface area contributed by atoms with E-state index >= 15 is 0 Å². The van der Waals surface area contributed by atoms with Crippen molar-refractivity contribution < 1.29 is 19.2 Å². The summed E-state index contributed by atoms with van der Waals surface area (Å²) in [5, 5.41) is 15.5. The number of amides is 1. The van der Waals surface area contributed by atoms with Crippen molar-refractivity contribution in [3.05, 3.63) is 41.0 Å². The number of benzene rings is 1. The number of hydrogen-bond donors (Lipinski definition) is 2. The second-order valence-corrected chi connectivity index (χ2v) is 5.13. The second kappa shape index (κ2) is 7.61. The zero-order chi connectivity index (χ0) is 15.9. The van der Waals surface area contributed by atoms with Gasteiger partial charge in [-0.05, 0) is 37.1 Å². The Labute approximate surface area is 132 Å². The van der Waals surface area contributed by atoms with Crippen LogP contribution in [0.25, 0.3) is 11.3 Å². The van der Waals surface area contributed by atoms with Gasteiger partial charge in [-0.1, -0.05) is 16.8 Å². The Morgan fingerprint density at radius 2 is 1.95 bits per heavy atom. The molecular weight excluding hydrogens is 308 g/mol. The summed E-state index contributed by atoms with van der Waals surface area (Å²) < 4.78 is 5.14. The van der Waals surface area contributed by atoms with Crippen LogP contribution >= 0.6 is 11.6 Å². The number of carbonyl (C=O) groups excluding carboxylic acids is 1. The maximum atomic E-state index is 11.9. The molecule has 2 N–H and O–H groups in total. The number of hydrogen-bond acceptors (Lipinski definition) is 4. The summed E-state index contributed by atoms with van der Waals surface area (Å²) in [6.45, 7) is 0.398. The first kappa shape index (κ1) is 16.0. The van der Waals surface area contributed by atoms with Gasteiger partial charge in [-0.25, -0.2) is 0 Å². The number of unbranched alkanes of at least 4 members (excludes halogenated alkanes) is 1. The van der Waals surface area contributed by atoms with Crippen LogP contribution < -0.4 is 5.32 Å². The maximum absolute atomic E-state index is 11.9. The van der Waals surface area contributed by atoms with Crippen molar-refractivity contribution in [2.24, 2.45) is 0 Å². The summed E-state index contributed by atoms with van der Waals surface area (Å²) in [5.41, 5.74) is 0.959. The molecule has 0 radical (unpaired) electrons. The van der Waals surface area contributed by atoms with Gasteiger partial charge in [0.2, 0.25) is 0 Å². The Balaban J connectivity index is 1.86. The third-order valence-electron chi connectivity index (χ3n) is 2.97. The number of carboxylic acids is 1. The molecular formula is C15H15ClN2O4. The van der Waals surface area contributed by atoms with E-state index in [-0.39, 0.29) is 18.0 Å². The zero-order valence-electron chi connectivity index (χ0n) is 11.7. The van der Waals surface area contributed by atoms with Gasteiger partial charge in [0, 0.05) is 29.6 Å². The van der Waals surface area contributed by atoms with Gasteiger partial charge in [-0.3, -0.25) is 9.59 Å². The highest BCUT2D eigenvalue weighted by atomic mass is 35.5. The molecule has 0 spiro atoms. The standard InChI is InChI=1S/C15H15ClN2O4/c16-11-6-4-10(5-7-11)13-9-12(18-22-13)15(21)17-8-2-1-3-14(19)20/h4-7,9H,1-3,8H2,(H,17,21)(H,19,20). The Kier molecular flexibility index (Phi) is 5.55. The number of carbonyl (C=O) groups is 2. The Hall–Kier alpha value is -2.34. The highest BCUT2D eigenvalue weighted by molar-refractivity contribution is 6.30. The fourth-order valence-electron chi connectivity index (χ4n) is 1.83. The number of rotatable bonds is 7. The predicted octanol–water partition coefficient (Wildman–Crippen LogP) is 2.98. The first-order valence-electron chi connectivity index (χ1n) is 6.79. The van der Waals surface area contributed by atoms with E-state index in [0.717, 1.165) is 5.56 Å². The number of halogens is 1. The molecule has 0 aliphatic heterocycles. The summed E-state index contributed by atoms with van der Waals surface area (Å²) in [6.07, 6.45) is 1.21. The van der Waals surface area contributed by atoms with Gasteiger partial charge in [0.05, 0.1) is 0 Å². The minimum atomic E-state index is -0.838. The van der Waals surface area contributed by atoms with E-state index in [4.69, 9.17) is 21.2 Å². The highest BCUT2D eigenvalue weighted by Gasteiger charge is 2.13. The fourth-order valence-corrected chi connectivity index (χ4v) is 1.95. The van der Waals surface area contributed by atoms with Gasteiger partial charge < -0.3 is 14.9 Å². The van der Waals surface area contributed by atoms with Gasteiger partial charge >= 0.3 is 5.97 Å². The highest BCUT2D eigenvalue weighted by Crippen LogP contribution is 2.22. The molecule has 0 saturated carbocycles. The number of aliphatic carboxylic acids is 1. The molecule has 0 atom stereocenters.